The molecule has 1 saturated heterocycles. The number of hydrogen-bond donors (Lipinski definition) is 2. The molecular weight excluding hydrogens is 300 g/mol. The van der Waals surface area contributed by atoms with Crippen LogP contribution < -0.4 is 15.5 Å². The third kappa shape index (κ3) is 4.87. The molecule has 0 unspecified atom stereocenters. The molecular formula is C19H30N4O. The molecule has 2 amide bonds. The van der Waals surface area contributed by atoms with Crippen LogP contribution in [0.25, 0.3) is 0 Å². The number of benzene rings is 1. The predicted octanol–water partition coefficient (Wildman–Crippen LogP) is 3.14. The topological polar surface area (TPSA) is 47.6 Å². The van der Waals surface area contributed by atoms with Gasteiger partial charge in [0.05, 0.1) is 0 Å². The fourth-order valence-electron chi connectivity index (χ4n) is 3.62. The van der Waals surface area contributed by atoms with Gasteiger partial charge in [-0.25, -0.2) is 4.79 Å². The van der Waals surface area contributed by atoms with Crippen LogP contribution in [0.5, 0.6) is 0 Å². The van der Waals surface area contributed by atoms with E-state index in [0.717, 1.165) is 38.4 Å². The number of likely N-dealkylation sites (N-methyl/N-ethyl adjacent to an activating group) is 1. The molecule has 0 aromatic heterocycles. The van der Waals surface area contributed by atoms with Crippen LogP contribution in [0.4, 0.5) is 16.2 Å². The third-order valence-corrected chi connectivity index (χ3v) is 5.27. The Balaban J connectivity index is 1.44. The van der Waals surface area contributed by atoms with Gasteiger partial charge in [-0.15, -0.1) is 0 Å². The van der Waals surface area contributed by atoms with Gasteiger partial charge in [-0.1, -0.05) is 19.3 Å². The van der Waals surface area contributed by atoms with Crippen molar-refractivity contribution < 1.29 is 4.79 Å². The second-order valence-electron chi connectivity index (χ2n) is 7.18. The van der Waals surface area contributed by atoms with Crippen LogP contribution in [0.3, 0.4) is 0 Å². The molecule has 1 heterocycles. The molecule has 5 heteroatoms. The van der Waals surface area contributed by atoms with Crippen molar-refractivity contribution in [1.82, 2.24) is 10.2 Å². The summed E-state index contributed by atoms with van der Waals surface area (Å²) in [5, 5.41) is 5.96. The van der Waals surface area contributed by atoms with E-state index in [1.807, 2.05) is 12.1 Å². The van der Waals surface area contributed by atoms with Crippen molar-refractivity contribution in [2.75, 3.05) is 50.0 Å². The van der Waals surface area contributed by atoms with Gasteiger partial charge in [-0.3, -0.25) is 0 Å². The quantitative estimate of drug-likeness (QED) is 0.891. The summed E-state index contributed by atoms with van der Waals surface area (Å²) in [5.41, 5.74) is 2.09. The highest BCUT2D eigenvalue weighted by atomic mass is 16.2. The Morgan fingerprint density at radius 3 is 2.38 bits per heavy atom. The van der Waals surface area contributed by atoms with Gasteiger partial charge in [0.25, 0.3) is 0 Å². The molecule has 2 aliphatic rings. The number of anilines is 2. The van der Waals surface area contributed by atoms with Gasteiger partial charge in [-0.2, -0.15) is 0 Å². The average molecular weight is 330 g/mol. The van der Waals surface area contributed by atoms with E-state index in [1.165, 1.54) is 37.8 Å². The van der Waals surface area contributed by atoms with E-state index in [-0.39, 0.29) is 6.03 Å². The van der Waals surface area contributed by atoms with Crippen LogP contribution in [0, 0.1) is 5.92 Å². The number of hydrogen-bond acceptors (Lipinski definition) is 3. The molecule has 1 saturated carbocycles. The first kappa shape index (κ1) is 17.1. The number of nitrogens with one attached hydrogen (secondary N) is 2. The number of rotatable bonds is 4. The highest BCUT2D eigenvalue weighted by Gasteiger charge is 2.15. The minimum absolute atomic E-state index is 0.0899. The van der Waals surface area contributed by atoms with E-state index in [4.69, 9.17) is 0 Å². The number of carbonyl (C=O) groups is 1. The lowest BCUT2D eigenvalue weighted by atomic mass is 9.89. The smallest absolute Gasteiger partial charge is 0.319 e. The fraction of sp³-hybridized carbons (Fsp3) is 0.632. The van der Waals surface area contributed by atoms with E-state index >= 15 is 0 Å². The monoisotopic (exact) mass is 330 g/mol. The fourth-order valence-corrected chi connectivity index (χ4v) is 3.62. The van der Waals surface area contributed by atoms with Crippen molar-refractivity contribution in [3.05, 3.63) is 24.3 Å². The standard InChI is InChI=1S/C19H30N4O/c1-22-11-13-23(14-12-22)18-9-7-17(8-10-18)21-19(24)20-15-16-5-3-2-4-6-16/h7-10,16H,2-6,11-15H2,1H3,(H2,20,21,24). The zero-order valence-corrected chi connectivity index (χ0v) is 14.8. The average Bonchev–Trinajstić information content (AvgIpc) is 2.62. The summed E-state index contributed by atoms with van der Waals surface area (Å²) in [6.07, 6.45) is 6.46. The van der Waals surface area contributed by atoms with Crippen LogP contribution in [0.2, 0.25) is 0 Å². The Morgan fingerprint density at radius 1 is 1.04 bits per heavy atom. The summed E-state index contributed by atoms with van der Waals surface area (Å²) in [6, 6.07) is 8.10. The van der Waals surface area contributed by atoms with E-state index < -0.39 is 0 Å². The summed E-state index contributed by atoms with van der Waals surface area (Å²) in [6.45, 7) is 5.12. The number of piperazine rings is 1. The number of urea groups is 1. The molecule has 2 N–H and O–H groups in total. The molecule has 1 aromatic rings. The first-order valence-electron chi connectivity index (χ1n) is 9.29. The van der Waals surface area contributed by atoms with Crippen LogP contribution in [0.15, 0.2) is 24.3 Å². The molecule has 2 fully saturated rings. The number of amides is 2. The van der Waals surface area contributed by atoms with E-state index in [9.17, 15) is 4.79 Å². The van der Waals surface area contributed by atoms with Gasteiger partial charge >= 0.3 is 6.03 Å². The summed E-state index contributed by atoms with van der Waals surface area (Å²) in [4.78, 5) is 16.8. The molecule has 132 valence electrons. The zero-order chi connectivity index (χ0) is 16.8. The van der Waals surface area contributed by atoms with Gasteiger partial charge in [0.2, 0.25) is 0 Å². The molecule has 0 spiro atoms. The lowest BCUT2D eigenvalue weighted by Gasteiger charge is -2.34. The van der Waals surface area contributed by atoms with Gasteiger partial charge in [-0.05, 0) is 50.1 Å². The number of carbonyl (C=O) groups excluding carboxylic acids is 1. The second-order valence-corrected chi connectivity index (χ2v) is 7.18. The predicted molar refractivity (Wildman–Crippen MR) is 99.7 cm³/mol. The Kier molecular flexibility index (Phi) is 5.96. The van der Waals surface area contributed by atoms with Crippen molar-refractivity contribution in [3.63, 3.8) is 0 Å². The van der Waals surface area contributed by atoms with Crippen molar-refractivity contribution in [2.24, 2.45) is 5.92 Å². The lowest BCUT2D eigenvalue weighted by Crippen LogP contribution is -2.44. The summed E-state index contributed by atoms with van der Waals surface area (Å²) in [5.74, 6) is 0.657. The summed E-state index contributed by atoms with van der Waals surface area (Å²) >= 11 is 0. The molecule has 0 atom stereocenters. The minimum Gasteiger partial charge on any atom is -0.369 e. The maximum atomic E-state index is 12.0. The molecule has 24 heavy (non-hydrogen) atoms. The largest absolute Gasteiger partial charge is 0.369 e. The SMILES string of the molecule is CN1CCN(c2ccc(NC(=O)NCC3CCCCC3)cc2)CC1. The first-order chi connectivity index (χ1) is 11.7. The van der Waals surface area contributed by atoms with Crippen molar-refractivity contribution in [1.29, 1.82) is 0 Å². The van der Waals surface area contributed by atoms with Crippen molar-refractivity contribution in [2.45, 2.75) is 32.1 Å². The van der Waals surface area contributed by atoms with Crippen LogP contribution >= 0.6 is 0 Å². The van der Waals surface area contributed by atoms with Gasteiger partial charge < -0.3 is 20.4 Å². The van der Waals surface area contributed by atoms with Crippen LogP contribution in [0.1, 0.15) is 32.1 Å². The van der Waals surface area contributed by atoms with Crippen LogP contribution in [-0.4, -0.2) is 50.7 Å². The Hall–Kier alpha value is -1.75. The second kappa shape index (κ2) is 8.38. The molecule has 1 aliphatic carbocycles. The van der Waals surface area contributed by atoms with Gasteiger partial charge in [0, 0.05) is 44.1 Å². The van der Waals surface area contributed by atoms with Crippen molar-refractivity contribution in [3.8, 4) is 0 Å². The Bertz CT molecular complexity index is 517. The molecule has 0 bridgehead atoms. The summed E-state index contributed by atoms with van der Waals surface area (Å²) in [7, 11) is 2.16. The maximum absolute atomic E-state index is 12.0. The molecule has 0 radical (unpaired) electrons. The number of nitrogens with zero attached hydrogens (tertiary/aromatic N) is 2. The highest BCUT2D eigenvalue weighted by Crippen LogP contribution is 2.23. The van der Waals surface area contributed by atoms with E-state index in [1.54, 1.807) is 0 Å². The molecule has 5 nitrogen and oxygen atoms in total. The molecule has 3 rings (SSSR count). The normalized spacial score (nSPS) is 20.0. The van der Waals surface area contributed by atoms with Crippen LogP contribution in [-0.2, 0) is 0 Å². The van der Waals surface area contributed by atoms with Crippen molar-refractivity contribution >= 4 is 17.4 Å². The third-order valence-electron chi connectivity index (χ3n) is 5.27. The zero-order valence-electron chi connectivity index (χ0n) is 14.8. The maximum Gasteiger partial charge on any atom is 0.319 e. The minimum atomic E-state index is -0.0899. The molecule has 1 aliphatic heterocycles. The van der Waals surface area contributed by atoms with Gasteiger partial charge in [0.15, 0.2) is 0 Å². The highest BCUT2D eigenvalue weighted by molar-refractivity contribution is 5.89. The van der Waals surface area contributed by atoms with Gasteiger partial charge in [0.1, 0.15) is 0 Å². The summed E-state index contributed by atoms with van der Waals surface area (Å²) < 4.78 is 0. The lowest BCUT2D eigenvalue weighted by molar-refractivity contribution is 0.247. The molecule has 1 aromatic carbocycles. The Labute approximate surface area is 145 Å². The van der Waals surface area contributed by atoms with E-state index in [0.29, 0.717) is 5.92 Å². The first-order valence-corrected chi connectivity index (χ1v) is 9.29. The Morgan fingerprint density at radius 2 is 1.71 bits per heavy atom. The van der Waals surface area contributed by atoms with E-state index in [2.05, 4.69) is 39.6 Å².